The van der Waals surface area contributed by atoms with Gasteiger partial charge in [-0.3, -0.25) is 30.1 Å². The minimum Gasteiger partial charge on any atom is -0.481 e. The Balaban J connectivity index is 2.20. The van der Waals surface area contributed by atoms with Crippen molar-refractivity contribution in [2.45, 2.75) is 26.2 Å². The molecule has 3 N–H and O–H groups in total. The number of carbonyl (C=O) groups excluding carboxylic acids is 2. The number of hydrogen-bond acceptors (Lipinski definition) is 4. The van der Waals surface area contributed by atoms with Gasteiger partial charge >= 0.3 is 5.97 Å². The number of carboxylic acid groups (broad SMARTS) is 1. The summed E-state index contributed by atoms with van der Waals surface area (Å²) in [5.74, 6) is -1.14. The van der Waals surface area contributed by atoms with E-state index in [1.54, 1.807) is 0 Å². The summed E-state index contributed by atoms with van der Waals surface area (Å²) in [6.45, 7) is 2.97. The van der Waals surface area contributed by atoms with Crippen molar-refractivity contribution < 1.29 is 19.5 Å². The Labute approximate surface area is 105 Å². The summed E-state index contributed by atoms with van der Waals surface area (Å²) >= 11 is 0. The molecule has 0 bridgehead atoms. The Kier molecular flexibility index (Phi) is 5.57. The highest BCUT2D eigenvalue weighted by atomic mass is 16.4. The van der Waals surface area contributed by atoms with Crippen molar-refractivity contribution in [1.29, 1.82) is 0 Å². The molecule has 0 atom stereocenters. The molecule has 0 aromatic carbocycles. The van der Waals surface area contributed by atoms with Crippen LogP contribution in [-0.2, 0) is 14.4 Å². The van der Waals surface area contributed by atoms with Gasteiger partial charge < -0.3 is 5.11 Å². The van der Waals surface area contributed by atoms with Crippen molar-refractivity contribution in [3.63, 3.8) is 0 Å². The molecule has 1 saturated heterocycles. The van der Waals surface area contributed by atoms with Crippen molar-refractivity contribution in [1.82, 2.24) is 15.8 Å². The van der Waals surface area contributed by atoms with Gasteiger partial charge in [-0.15, -0.1) is 0 Å². The lowest BCUT2D eigenvalue weighted by atomic mass is 9.94. The predicted octanol–water partition coefficient (Wildman–Crippen LogP) is -0.660. The van der Waals surface area contributed by atoms with Crippen LogP contribution in [0.5, 0.6) is 0 Å². The molecule has 1 aliphatic rings. The largest absolute Gasteiger partial charge is 0.481 e. The molecule has 0 unspecified atom stereocenters. The highest BCUT2D eigenvalue weighted by Gasteiger charge is 2.22. The first-order valence-corrected chi connectivity index (χ1v) is 5.97. The summed E-state index contributed by atoms with van der Waals surface area (Å²) in [5.41, 5.74) is 4.53. The van der Waals surface area contributed by atoms with E-state index in [0.717, 1.165) is 12.8 Å². The second kappa shape index (κ2) is 6.95. The van der Waals surface area contributed by atoms with E-state index in [2.05, 4.69) is 10.9 Å². The Hall–Kier alpha value is -1.63. The van der Waals surface area contributed by atoms with Crippen molar-refractivity contribution in [3.05, 3.63) is 0 Å². The summed E-state index contributed by atoms with van der Waals surface area (Å²) in [5, 5.41) is 8.68. The zero-order valence-corrected chi connectivity index (χ0v) is 10.4. The number of rotatable bonds is 4. The van der Waals surface area contributed by atoms with Crippen LogP contribution in [0.15, 0.2) is 0 Å². The van der Waals surface area contributed by atoms with Crippen LogP contribution in [0.2, 0.25) is 0 Å². The Morgan fingerprint density at radius 1 is 1.22 bits per heavy atom. The molecule has 18 heavy (non-hydrogen) atoms. The van der Waals surface area contributed by atoms with E-state index < -0.39 is 5.97 Å². The first kappa shape index (κ1) is 14.4. The van der Waals surface area contributed by atoms with E-state index in [1.807, 2.05) is 4.90 Å². The molecular formula is C11H19N3O4. The molecule has 1 heterocycles. The van der Waals surface area contributed by atoms with E-state index in [1.165, 1.54) is 6.92 Å². The molecular weight excluding hydrogens is 238 g/mol. The first-order valence-electron chi connectivity index (χ1n) is 5.97. The maximum absolute atomic E-state index is 11.4. The van der Waals surface area contributed by atoms with Gasteiger partial charge in [0, 0.05) is 13.3 Å². The van der Waals surface area contributed by atoms with Crippen LogP contribution in [0.4, 0.5) is 0 Å². The summed E-state index contributed by atoms with van der Waals surface area (Å²) in [7, 11) is 0. The molecule has 0 saturated carbocycles. The van der Waals surface area contributed by atoms with Gasteiger partial charge in [-0.2, -0.15) is 0 Å². The number of hydrazine groups is 1. The third-order valence-electron chi connectivity index (χ3n) is 2.92. The summed E-state index contributed by atoms with van der Waals surface area (Å²) in [6.07, 6.45) is 1.78. The minimum atomic E-state index is -0.767. The monoisotopic (exact) mass is 257 g/mol. The highest BCUT2D eigenvalue weighted by molar-refractivity contribution is 5.81. The summed E-state index contributed by atoms with van der Waals surface area (Å²) in [6, 6.07) is 0. The highest BCUT2D eigenvalue weighted by Crippen LogP contribution is 2.19. The average Bonchev–Trinajstić information content (AvgIpc) is 2.28. The average molecular weight is 257 g/mol. The zero-order chi connectivity index (χ0) is 13.5. The smallest absolute Gasteiger partial charge is 0.303 e. The molecule has 7 heteroatoms. The lowest BCUT2D eigenvalue weighted by Gasteiger charge is -2.30. The maximum atomic E-state index is 11.4. The van der Waals surface area contributed by atoms with Gasteiger partial charge in [0.2, 0.25) is 5.91 Å². The molecule has 0 aliphatic carbocycles. The van der Waals surface area contributed by atoms with Crippen LogP contribution in [-0.4, -0.2) is 47.4 Å². The van der Waals surface area contributed by atoms with Crippen molar-refractivity contribution in [3.8, 4) is 0 Å². The number of piperidine rings is 1. The topological polar surface area (TPSA) is 98.7 Å². The lowest BCUT2D eigenvalue weighted by molar-refractivity contribution is -0.138. The zero-order valence-electron chi connectivity index (χ0n) is 10.4. The number of amides is 2. The van der Waals surface area contributed by atoms with E-state index in [4.69, 9.17) is 5.11 Å². The number of carbonyl (C=O) groups is 3. The quantitative estimate of drug-likeness (QED) is 0.581. The van der Waals surface area contributed by atoms with Crippen LogP contribution in [0.1, 0.15) is 26.2 Å². The molecule has 1 aliphatic heterocycles. The fourth-order valence-electron chi connectivity index (χ4n) is 2.00. The number of likely N-dealkylation sites (tertiary alicyclic amines) is 1. The van der Waals surface area contributed by atoms with Gasteiger partial charge in [0.25, 0.3) is 5.91 Å². The van der Waals surface area contributed by atoms with E-state index in [-0.39, 0.29) is 30.7 Å². The number of aliphatic carboxylic acids is 1. The predicted molar refractivity (Wildman–Crippen MR) is 63.4 cm³/mol. The van der Waals surface area contributed by atoms with Crippen molar-refractivity contribution in [2.75, 3.05) is 19.6 Å². The Morgan fingerprint density at radius 3 is 2.33 bits per heavy atom. The standard InChI is InChI=1S/C11H19N3O4/c1-8(15)12-13-10(16)7-14-4-2-9(3-5-14)6-11(17)18/h9H,2-7H2,1H3,(H,12,15)(H,13,16)(H,17,18). The van der Waals surface area contributed by atoms with Gasteiger partial charge in [-0.05, 0) is 31.8 Å². The number of nitrogens with one attached hydrogen (secondary N) is 2. The van der Waals surface area contributed by atoms with E-state index >= 15 is 0 Å². The van der Waals surface area contributed by atoms with Crippen LogP contribution in [0, 0.1) is 5.92 Å². The molecule has 0 radical (unpaired) electrons. The molecule has 0 aromatic heterocycles. The number of nitrogens with zero attached hydrogens (tertiary/aromatic N) is 1. The molecule has 1 fully saturated rings. The fraction of sp³-hybridized carbons (Fsp3) is 0.727. The SMILES string of the molecule is CC(=O)NNC(=O)CN1CCC(CC(=O)O)CC1. The second-order valence-corrected chi connectivity index (χ2v) is 4.55. The van der Waals surface area contributed by atoms with Gasteiger partial charge in [-0.25, -0.2) is 0 Å². The molecule has 2 amide bonds. The summed E-state index contributed by atoms with van der Waals surface area (Å²) < 4.78 is 0. The Morgan fingerprint density at radius 2 is 1.83 bits per heavy atom. The van der Waals surface area contributed by atoms with Crippen molar-refractivity contribution >= 4 is 17.8 Å². The second-order valence-electron chi connectivity index (χ2n) is 4.55. The normalized spacial score (nSPS) is 17.2. The third-order valence-corrected chi connectivity index (χ3v) is 2.92. The third kappa shape index (κ3) is 5.62. The van der Waals surface area contributed by atoms with Crippen LogP contribution >= 0.6 is 0 Å². The molecule has 0 aromatic rings. The van der Waals surface area contributed by atoms with Crippen LogP contribution < -0.4 is 10.9 Å². The van der Waals surface area contributed by atoms with Gasteiger partial charge in [-0.1, -0.05) is 0 Å². The molecule has 7 nitrogen and oxygen atoms in total. The van der Waals surface area contributed by atoms with Crippen LogP contribution in [0.3, 0.4) is 0 Å². The molecule has 0 spiro atoms. The minimum absolute atomic E-state index is 0.200. The molecule has 1 rings (SSSR count). The van der Waals surface area contributed by atoms with Crippen molar-refractivity contribution in [2.24, 2.45) is 5.92 Å². The lowest BCUT2D eigenvalue weighted by Crippen LogP contribution is -2.47. The van der Waals surface area contributed by atoms with Gasteiger partial charge in [0.15, 0.2) is 0 Å². The first-order chi connectivity index (χ1) is 8.47. The van der Waals surface area contributed by atoms with E-state index in [0.29, 0.717) is 13.1 Å². The van der Waals surface area contributed by atoms with Gasteiger partial charge in [0.05, 0.1) is 6.54 Å². The summed E-state index contributed by atoms with van der Waals surface area (Å²) in [4.78, 5) is 34.5. The number of carboxylic acids is 1. The number of hydrogen-bond donors (Lipinski definition) is 3. The molecule has 102 valence electrons. The van der Waals surface area contributed by atoms with Gasteiger partial charge in [0.1, 0.15) is 0 Å². The fourth-order valence-corrected chi connectivity index (χ4v) is 2.00. The van der Waals surface area contributed by atoms with E-state index in [9.17, 15) is 14.4 Å². The van der Waals surface area contributed by atoms with Crippen LogP contribution in [0.25, 0.3) is 0 Å². The maximum Gasteiger partial charge on any atom is 0.303 e. The Bertz CT molecular complexity index is 324.